The van der Waals surface area contributed by atoms with Gasteiger partial charge in [0, 0.05) is 94.3 Å². The quantitative estimate of drug-likeness (QED) is 0.0178. The highest BCUT2D eigenvalue weighted by Gasteiger charge is 2.20. The zero-order valence-corrected chi connectivity index (χ0v) is 73.2. The van der Waals surface area contributed by atoms with Crippen molar-refractivity contribution < 1.29 is 5.11 Å². The van der Waals surface area contributed by atoms with Gasteiger partial charge in [0.1, 0.15) is 28.4 Å². The van der Waals surface area contributed by atoms with Crippen LogP contribution < -0.4 is 27.7 Å². The summed E-state index contributed by atoms with van der Waals surface area (Å²) in [5, 5.41) is 46.0. The number of hydrogen-bond acceptors (Lipinski definition) is 22. The normalized spacial score (nSPS) is 10.9. The number of unbranched alkanes of at least 4 members (excludes halogenated alkanes) is 5. The van der Waals surface area contributed by atoms with Crippen LogP contribution in [0.2, 0.25) is 5.02 Å². The Morgan fingerprint density at radius 1 is 0.397 bits per heavy atom. The Morgan fingerprint density at radius 2 is 0.752 bits per heavy atom. The first kappa shape index (κ1) is 89.4. The third-order valence-corrected chi connectivity index (χ3v) is 23.6. The number of H-pyrrole nitrogens is 4. The number of imidazole rings is 5. The SMILES string of the molecule is C#CCCCn1c(Sc2cc(C)cc(C)c2)nc2c(N)ncnc21.C#CCCCn1cnc(=N)c2[nH]c(Sc3cc(C)cc(Cl)c3)nc21.C#CCCCn1cnc(=N)c2[nH]c(Sc3cc(C)ccc3C)nc21.C#CCCCn1cnc(=N)c2[nH]c(Sc3cc(C)ccc3C)nc21.C#CCCCn1cnc(=N)c2[nH]c(Sc3cc(C)ccc3CO)nc21. The van der Waals surface area contributed by atoms with Crippen molar-refractivity contribution in [1.82, 2.24) is 97.6 Å². The second-order valence-electron chi connectivity index (χ2n) is 28.2. The van der Waals surface area contributed by atoms with E-state index in [2.05, 4.69) is 205 Å². The third kappa shape index (κ3) is 24.0. The van der Waals surface area contributed by atoms with Gasteiger partial charge in [-0.25, -0.2) is 54.8 Å². The summed E-state index contributed by atoms with van der Waals surface area (Å²) >= 11 is 13.8. The minimum absolute atomic E-state index is 0.0276. The van der Waals surface area contributed by atoms with E-state index in [0.717, 1.165) is 132 Å². The molecular formula is C89H92ClN25OS5. The fourth-order valence-corrected chi connectivity index (χ4v) is 17.8. The zero-order chi connectivity index (χ0) is 86.2. The van der Waals surface area contributed by atoms with Crippen LogP contribution in [0.5, 0.6) is 0 Å². The van der Waals surface area contributed by atoms with E-state index >= 15 is 0 Å². The van der Waals surface area contributed by atoms with E-state index in [4.69, 9.17) is 71.1 Å². The number of nitrogens with two attached hydrogens (primary N) is 1. The van der Waals surface area contributed by atoms with Gasteiger partial charge >= 0.3 is 0 Å². The molecule has 0 atom stereocenters. The molecular weight excluding hydrogens is 1630 g/mol. The summed E-state index contributed by atoms with van der Waals surface area (Å²) in [5.74, 6) is 13.6. The molecule has 11 N–H and O–H groups in total. The summed E-state index contributed by atoms with van der Waals surface area (Å²) in [6, 6.07) is 30.9. The van der Waals surface area contributed by atoms with Crippen LogP contribution in [0, 0.1) is 139 Å². The first-order valence-electron chi connectivity index (χ1n) is 38.7. The molecule has 0 amide bonds. The molecule has 0 aliphatic rings. The number of benzene rings is 5. The Morgan fingerprint density at radius 3 is 1.14 bits per heavy atom. The van der Waals surface area contributed by atoms with E-state index in [0.29, 0.717) is 98.7 Å². The Balaban J connectivity index is 0.000000148. The monoisotopic (exact) mass is 1720 g/mol. The minimum Gasteiger partial charge on any atom is -0.392 e. The van der Waals surface area contributed by atoms with Gasteiger partial charge in [0.05, 0.1) is 31.9 Å². The van der Waals surface area contributed by atoms with Crippen molar-refractivity contribution in [2.45, 2.75) is 209 Å². The predicted molar refractivity (Wildman–Crippen MR) is 483 cm³/mol. The molecule has 121 heavy (non-hydrogen) atoms. The summed E-state index contributed by atoms with van der Waals surface area (Å²) in [7, 11) is 0. The Kier molecular flexibility index (Phi) is 31.8. The molecule has 15 rings (SSSR count). The minimum atomic E-state index is -0.0276. The number of aliphatic hydroxyl groups is 1. The summed E-state index contributed by atoms with van der Waals surface area (Å²) in [5.41, 5.74) is 23.9. The van der Waals surface area contributed by atoms with E-state index in [1.807, 2.05) is 68.5 Å². The van der Waals surface area contributed by atoms with Gasteiger partial charge in [-0.2, -0.15) is 0 Å². The van der Waals surface area contributed by atoms with E-state index in [1.165, 1.54) is 63.2 Å². The molecule has 616 valence electrons. The van der Waals surface area contributed by atoms with Crippen LogP contribution >= 0.6 is 70.4 Å². The number of rotatable bonds is 26. The second kappa shape index (κ2) is 43.0. The summed E-state index contributed by atoms with van der Waals surface area (Å²) < 4.78 is 9.82. The number of hydrogen-bond donors (Lipinski definition) is 10. The van der Waals surface area contributed by atoms with Gasteiger partial charge in [-0.15, -0.1) is 61.7 Å². The smallest absolute Gasteiger partial charge is 0.175 e. The van der Waals surface area contributed by atoms with Crippen molar-refractivity contribution in [3.05, 3.63) is 200 Å². The lowest BCUT2D eigenvalue weighted by atomic mass is 10.2. The van der Waals surface area contributed by atoms with Gasteiger partial charge in [0.25, 0.3) is 0 Å². The lowest BCUT2D eigenvalue weighted by Crippen LogP contribution is -2.12. The summed E-state index contributed by atoms with van der Waals surface area (Å²) in [6.07, 6.45) is 42.5. The fraction of sp³-hybridized carbons (Fsp3) is 0.270. The maximum atomic E-state index is 9.53. The lowest BCUT2D eigenvalue weighted by molar-refractivity contribution is 0.279. The van der Waals surface area contributed by atoms with Crippen molar-refractivity contribution in [2.24, 2.45) is 0 Å². The van der Waals surface area contributed by atoms with Crippen molar-refractivity contribution in [3.63, 3.8) is 0 Å². The Labute approximate surface area is 727 Å². The molecule has 15 aromatic rings. The van der Waals surface area contributed by atoms with Crippen LogP contribution in [0.1, 0.15) is 114 Å². The van der Waals surface area contributed by atoms with E-state index in [1.54, 1.807) is 60.6 Å². The van der Waals surface area contributed by atoms with Crippen molar-refractivity contribution in [1.29, 1.82) is 21.6 Å². The van der Waals surface area contributed by atoms with Gasteiger partial charge in [0.2, 0.25) is 0 Å². The number of aromatic amines is 4. The molecule has 0 aliphatic carbocycles. The predicted octanol–water partition coefficient (Wildman–Crippen LogP) is 16.8. The molecule has 26 nitrogen and oxygen atoms in total. The van der Waals surface area contributed by atoms with Crippen LogP contribution in [-0.4, -0.2) is 103 Å². The number of aromatic nitrogens is 20. The van der Waals surface area contributed by atoms with Gasteiger partial charge in [-0.1, -0.05) is 113 Å². The maximum absolute atomic E-state index is 9.53. The second-order valence-corrected chi connectivity index (χ2v) is 33.9. The largest absolute Gasteiger partial charge is 0.392 e. The first-order chi connectivity index (χ1) is 58.4. The molecule has 10 heterocycles. The molecule has 0 aliphatic heterocycles. The molecule has 10 aromatic heterocycles. The fourth-order valence-electron chi connectivity index (χ4n) is 12.5. The number of nitrogens with one attached hydrogen (secondary N) is 8. The first-order valence-corrected chi connectivity index (χ1v) is 43.1. The number of nitrogen functional groups attached to an aromatic ring is 1. The van der Waals surface area contributed by atoms with Gasteiger partial charge < -0.3 is 53.6 Å². The summed E-state index contributed by atoms with van der Waals surface area (Å²) in [4.78, 5) is 66.4. The lowest BCUT2D eigenvalue weighted by Gasteiger charge is -2.08. The number of anilines is 1. The van der Waals surface area contributed by atoms with Crippen LogP contribution in [0.3, 0.4) is 0 Å². The molecule has 0 bridgehead atoms. The molecule has 0 saturated carbocycles. The highest BCUT2D eigenvalue weighted by atomic mass is 35.5. The summed E-state index contributed by atoms with van der Waals surface area (Å²) in [6.45, 7) is 20.2. The third-order valence-electron chi connectivity index (χ3n) is 18.4. The number of fused-ring (bicyclic) bond motifs is 5. The number of aryl methyl sites for hydroxylation is 13. The number of halogens is 1. The van der Waals surface area contributed by atoms with E-state index in [-0.39, 0.29) is 28.6 Å². The van der Waals surface area contributed by atoms with Gasteiger partial charge in [0.15, 0.2) is 87.3 Å². The highest BCUT2D eigenvalue weighted by Crippen LogP contribution is 2.36. The van der Waals surface area contributed by atoms with E-state index in [9.17, 15) is 5.11 Å². The average Bonchev–Trinajstić information content (AvgIpc) is 1.65. The number of terminal acetylenes is 5. The molecule has 0 unspecified atom stereocenters. The Hall–Kier alpha value is -12.4. The molecule has 0 saturated heterocycles. The molecule has 0 spiro atoms. The topological polar surface area (TPSA) is 371 Å². The maximum Gasteiger partial charge on any atom is 0.175 e. The molecule has 0 radical (unpaired) electrons. The van der Waals surface area contributed by atoms with Crippen LogP contribution in [0.15, 0.2) is 173 Å². The van der Waals surface area contributed by atoms with Crippen molar-refractivity contribution in [2.75, 3.05) is 5.73 Å². The number of aliphatic hydroxyl groups excluding tert-OH is 1. The van der Waals surface area contributed by atoms with Crippen LogP contribution in [0.4, 0.5) is 5.82 Å². The number of nitrogens with zero attached hydrogens (tertiary/aromatic N) is 16. The van der Waals surface area contributed by atoms with Gasteiger partial charge in [-0.05, 0) is 186 Å². The highest BCUT2D eigenvalue weighted by molar-refractivity contribution is 8.00. The average molecular weight is 1720 g/mol. The van der Waals surface area contributed by atoms with Crippen LogP contribution in [0.25, 0.3) is 55.8 Å². The zero-order valence-electron chi connectivity index (χ0n) is 68.3. The van der Waals surface area contributed by atoms with E-state index < -0.39 is 0 Å². The molecule has 5 aromatic carbocycles. The Bertz CT molecular complexity index is 6520. The van der Waals surface area contributed by atoms with Crippen molar-refractivity contribution in [3.8, 4) is 61.7 Å². The molecule has 32 heteroatoms. The standard InChI is InChI=1S/C18H19N5OS.3C18H19N5S.C17H16ClN5S/c1-3-4-5-8-23-11-20-16(19)15-17(23)22-18(21-15)25-14-9-12(2)6-7-13(14)10-24;2*1-4-5-6-9-23-11-20-16(19)15-17(23)22-18(21-15)24-14-10-12(2)7-8-13(14)3;1-4-5-6-7-23-17-15(16(19)20-11-21-17)22-18(23)24-14-9-12(2)8-13(3)10-14;1-3-4-5-6-23-10-20-15(19)14-16(23)22-17(21-14)24-13-8-11(2)7-12(18)9-13/h1,6-7,9,11,19,24H,4-5,8,10H2,2H3,(H,21,22);2*1,7-8,10-11,19H,5-6,9H2,2-3H3,(H,21,22);1,8-11H,5-7H2,2-3H3,(H2,19,20,21);1,7-10,19H,4-6H2,2H3,(H,21,22). The van der Waals surface area contributed by atoms with Crippen LogP contribution in [-0.2, 0) is 39.3 Å². The molecule has 0 fully saturated rings. The van der Waals surface area contributed by atoms with Crippen molar-refractivity contribution >= 4 is 132 Å². The van der Waals surface area contributed by atoms with Gasteiger partial charge in [-0.3, -0.25) is 21.6 Å².